The molecular formula is C15H12N6O4S. The quantitative estimate of drug-likeness (QED) is 0.381. The molecule has 132 valence electrons. The van der Waals surface area contributed by atoms with Gasteiger partial charge in [-0.1, -0.05) is 23.5 Å². The van der Waals surface area contributed by atoms with Gasteiger partial charge in [-0.2, -0.15) is 5.10 Å². The van der Waals surface area contributed by atoms with Crippen molar-refractivity contribution in [2.45, 2.75) is 6.42 Å². The standard InChI is InChI=1S/C15H12N6O4S/c16-15-20-19-14(26-15)7-13(22)18-17-8-11-4-5-12(25-11)9-2-1-3-10(6-9)21(23)24/h1-6,8H,7H2,(H2,16,20)(H,18,22). The molecule has 0 atom stereocenters. The number of hydrazone groups is 1. The minimum atomic E-state index is -0.476. The van der Waals surface area contributed by atoms with E-state index in [4.69, 9.17) is 10.2 Å². The Morgan fingerprint density at radius 3 is 2.96 bits per heavy atom. The number of benzene rings is 1. The summed E-state index contributed by atoms with van der Waals surface area (Å²) in [7, 11) is 0. The molecule has 1 amide bonds. The van der Waals surface area contributed by atoms with Crippen LogP contribution in [-0.4, -0.2) is 27.2 Å². The summed E-state index contributed by atoms with van der Waals surface area (Å²) in [6.07, 6.45) is 1.34. The summed E-state index contributed by atoms with van der Waals surface area (Å²) in [5.41, 5.74) is 8.32. The lowest BCUT2D eigenvalue weighted by atomic mass is 10.1. The van der Waals surface area contributed by atoms with Crippen LogP contribution in [0, 0.1) is 10.1 Å². The van der Waals surface area contributed by atoms with Gasteiger partial charge in [-0.05, 0) is 12.1 Å². The molecule has 0 spiro atoms. The van der Waals surface area contributed by atoms with E-state index in [2.05, 4.69) is 20.7 Å². The second-order valence-electron chi connectivity index (χ2n) is 5.01. The fraction of sp³-hybridized carbons (Fsp3) is 0.0667. The van der Waals surface area contributed by atoms with Crippen LogP contribution >= 0.6 is 11.3 Å². The number of carbonyl (C=O) groups is 1. The highest BCUT2D eigenvalue weighted by Crippen LogP contribution is 2.25. The second-order valence-corrected chi connectivity index (χ2v) is 6.11. The van der Waals surface area contributed by atoms with Gasteiger partial charge >= 0.3 is 0 Å². The molecule has 0 bridgehead atoms. The van der Waals surface area contributed by atoms with Gasteiger partial charge in [0.15, 0.2) is 0 Å². The summed E-state index contributed by atoms with van der Waals surface area (Å²) in [6.45, 7) is 0. The topological polar surface area (TPSA) is 150 Å². The van der Waals surface area contributed by atoms with Crippen molar-refractivity contribution < 1.29 is 14.1 Å². The van der Waals surface area contributed by atoms with Gasteiger partial charge < -0.3 is 10.2 Å². The van der Waals surface area contributed by atoms with Crippen LogP contribution in [0.5, 0.6) is 0 Å². The molecule has 0 aliphatic rings. The molecule has 0 radical (unpaired) electrons. The zero-order valence-electron chi connectivity index (χ0n) is 13.2. The van der Waals surface area contributed by atoms with Gasteiger partial charge in [0.05, 0.1) is 17.6 Å². The van der Waals surface area contributed by atoms with E-state index < -0.39 is 4.92 Å². The van der Waals surface area contributed by atoms with Crippen molar-refractivity contribution >= 4 is 34.3 Å². The van der Waals surface area contributed by atoms with E-state index in [9.17, 15) is 14.9 Å². The van der Waals surface area contributed by atoms with Crippen molar-refractivity contribution in [1.29, 1.82) is 0 Å². The van der Waals surface area contributed by atoms with E-state index in [1.807, 2.05) is 0 Å². The molecule has 0 aliphatic heterocycles. The highest BCUT2D eigenvalue weighted by Gasteiger charge is 2.10. The van der Waals surface area contributed by atoms with E-state index in [0.717, 1.165) is 11.3 Å². The smallest absolute Gasteiger partial charge is 0.270 e. The lowest BCUT2D eigenvalue weighted by molar-refractivity contribution is -0.384. The Morgan fingerprint density at radius 2 is 2.23 bits per heavy atom. The van der Waals surface area contributed by atoms with E-state index in [1.165, 1.54) is 18.3 Å². The third-order valence-corrected chi connectivity index (χ3v) is 3.90. The number of aromatic nitrogens is 2. The Morgan fingerprint density at radius 1 is 1.38 bits per heavy atom. The van der Waals surface area contributed by atoms with Crippen LogP contribution in [0.1, 0.15) is 10.8 Å². The van der Waals surface area contributed by atoms with E-state index in [1.54, 1.807) is 24.3 Å². The number of nitrogens with two attached hydrogens (primary N) is 1. The first-order valence-electron chi connectivity index (χ1n) is 7.25. The number of carbonyl (C=O) groups excluding carboxylic acids is 1. The van der Waals surface area contributed by atoms with Gasteiger partial charge in [-0.15, -0.1) is 10.2 Å². The summed E-state index contributed by atoms with van der Waals surface area (Å²) in [5.74, 6) is 0.459. The fourth-order valence-corrected chi connectivity index (χ4v) is 2.64. The number of rotatable bonds is 6. The van der Waals surface area contributed by atoms with E-state index in [0.29, 0.717) is 27.2 Å². The van der Waals surface area contributed by atoms with E-state index >= 15 is 0 Å². The number of hydrogen-bond acceptors (Lipinski definition) is 9. The van der Waals surface area contributed by atoms with Gasteiger partial charge in [0, 0.05) is 17.7 Å². The Bertz CT molecular complexity index is 980. The molecule has 0 fully saturated rings. The normalized spacial score (nSPS) is 10.9. The Labute approximate surface area is 150 Å². The number of nitrogens with one attached hydrogen (secondary N) is 1. The van der Waals surface area contributed by atoms with Crippen LogP contribution in [0.25, 0.3) is 11.3 Å². The molecule has 2 heterocycles. The van der Waals surface area contributed by atoms with Crippen LogP contribution in [0.2, 0.25) is 0 Å². The van der Waals surface area contributed by atoms with Crippen molar-refractivity contribution in [3.05, 3.63) is 57.3 Å². The van der Waals surface area contributed by atoms with Crippen molar-refractivity contribution in [3.8, 4) is 11.3 Å². The first-order chi connectivity index (χ1) is 12.5. The van der Waals surface area contributed by atoms with Crippen LogP contribution in [0.3, 0.4) is 0 Å². The molecule has 1 aromatic carbocycles. The van der Waals surface area contributed by atoms with Gasteiger partial charge in [-0.25, -0.2) is 5.43 Å². The Hall–Kier alpha value is -3.60. The number of anilines is 1. The summed E-state index contributed by atoms with van der Waals surface area (Å²) in [4.78, 5) is 22.1. The Kier molecular flexibility index (Phi) is 4.99. The van der Waals surface area contributed by atoms with Crippen molar-refractivity contribution in [1.82, 2.24) is 15.6 Å². The van der Waals surface area contributed by atoms with E-state index in [-0.39, 0.29) is 18.0 Å². The number of non-ortho nitro benzene ring substituents is 1. The molecule has 10 nitrogen and oxygen atoms in total. The number of nitrogen functional groups attached to an aromatic ring is 1. The number of nitro benzene ring substituents is 1. The maximum atomic E-state index is 11.7. The third-order valence-electron chi connectivity index (χ3n) is 3.14. The second kappa shape index (κ2) is 7.53. The SMILES string of the molecule is Nc1nnc(CC(=O)NN=Cc2ccc(-c3cccc([N+](=O)[O-])c3)o2)s1. The van der Waals surface area contributed by atoms with Gasteiger partial charge in [0.2, 0.25) is 11.0 Å². The minimum absolute atomic E-state index is 0.0172. The first kappa shape index (κ1) is 17.2. The summed E-state index contributed by atoms with van der Waals surface area (Å²) < 4.78 is 5.55. The maximum absolute atomic E-state index is 11.7. The summed E-state index contributed by atoms with van der Waals surface area (Å²) >= 11 is 1.13. The number of furan rings is 1. The number of nitrogens with zero attached hydrogens (tertiary/aromatic N) is 4. The zero-order chi connectivity index (χ0) is 18.5. The largest absolute Gasteiger partial charge is 0.455 e. The van der Waals surface area contributed by atoms with Crippen molar-refractivity contribution in [2.75, 3.05) is 5.73 Å². The predicted octanol–water partition coefficient (Wildman–Crippen LogP) is 1.98. The maximum Gasteiger partial charge on any atom is 0.270 e. The monoisotopic (exact) mass is 372 g/mol. The van der Waals surface area contributed by atoms with Crippen molar-refractivity contribution in [2.24, 2.45) is 5.10 Å². The third kappa shape index (κ3) is 4.27. The molecule has 26 heavy (non-hydrogen) atoms. The fourth-order valence-electron chi connectivity index (χ4n) is 2.03. The van der Waals surface area contributed by atoms with Crippen LogP contribution in [0.15, 0.2) is 45.9 Å². The molecule has 0 saturated carbocycles. The predicted molar refractivity (Wildman–Crippen MR) is 94.6 cm³/mol. The molecule has 11 heteroatoms. The zero-order valence-corrected chi connectivity index (χ0v) is 14.0. The molecular weight excluding hydrogens is 360 g/mol. The highest BCUT2D eigenvalue weighted by molar-refractivity contribution is 7.15. The van der Waals surface area contributed by atoms with Gasteiger partial charge in [0.1, 0.15) is 16.5 Å². The molecule has 0 aliphatic carbocycles. The minimum Gasteiger partial charge on any atom is -0.455 e. The molecule has 3 aromatic rings. The van der Waals surface area contributed by atoms with Gasteiger partial charge in [0.25, 0.3) is 5.69 Å². The average Bonchev–Trinajstić information content (AvgIpc) is 3.24. The highest BCUT2D eigenvalue weighted by atomic mass is 32.1. The lowest BCUT2D eigenvalue weighted by Gasteiger charge is -1.97. The van der Waals surface area contributed by atoms with Crippen LogP contribution in [0.4, 0.5) is 10.8 Å². The molecule has 3 rings (SSSR count). The molecule has 0 unspecified atom stereocenters. The molecule has 0 saturated heterocycles. The van der Waals surface area contributed by atoms with Crippen LogP contribution in [-0.2, 0) is 11.2 Å². The van der Waals surface area contributed by atoms with Crippen LogP contribution < -0.4 is 11.2 Å². The average molecular weight is 372 g/mol. The van der Waals surface area contributed by atoms with Crippen molar-refractivity contribution in [3.63, 3.8) is 0 Å². The lowest BCUT2D eigenvalue weighted by Crippen LogP contribution is -2.19. The first-order valence-corrected chi connectivity index (χ1v) is 8.07. The van der Waals surface area contributed by atoms with Gasteiger partial charge in [-0.3, -0.25) is 14.9 Å². The molecule has 2 aromatic heterocycles. The summed E-state index contributed by atoms with van der Waals surface area (Å²) in [6, 6.07) is 9.37. The number of hydrogen-bond donors (Lipinski definition) is 2. The number of amides is 1. The number of nitro groups is 1. The summed E-state index contributed by atoms with van der Waals surface area (Å²) in [5, 5.41) is 22.8. The molecule has 3 N–H and O–H groups in total. The Balaban J connectivity index is 1.61.